The molecule has 24 heavy (non-hydrogen) atoms. The molecule has 0 radical (unpaired) electrons. The predicted molar refractivity (Wildman–Crippen MR) is 89.5 cm³/mol. The molecule has 2 aliphatic rings. The van der Waals surface area contributed by atoms with Gasteiger partial charge in [-0.2, -0.15) is 4.99 Å². The first-order valence-electron chi connectivity index (χ1n) is 7.74. The minimum absolute atomic E-state index is 0.542. The van der Waals surface area contributed by atoms with Gasteiger partial charge in [0.15, 0.2) is 0 Å². The van der Waals surface area contributed by atoms with Crippen molar-refractivity contribution in [2.24, 2.45) is 4.99 Å². The van der Waals surface area contributed by atoms with Crippen molar-refractivity contribution in [1.29, 1.82) is 0 Å². The van der Waals surface area contributed by atoms with E-state index in [4.69, 9.17) is 14.2 Å². The molecule has 3 rings (SSSR count). The third kappa shape index (κ3) is 3.32. The monoisotopic (exact) mass is 325 g/mol. The van der Waals surface area contributed by atoms with Gasteiger partial charge in [0.05, 0.1) is 5.69 Å². The van der Waals surface area contributed by atoms with E-state index < -0.39 is 5.79 Å². The van der Waals surface area contributed by atoms with Crippen LogP contribution >= 0.6 is 0 Å². The molecule has 1 aliphatic heterocycles. The van der Waals surface area contributed by atoms with Crippen LogP contribution in [0.2, 0.25) is 0 Å². The average molecular weight is 325 g/mol. The minimum Gasteiger partial charge on any atom is -0.462 e. The molecule has 0 fully saturated rings. The zero-order valence-electron chi connectivity index (χ0n) is 14.0. The molecule has 1 heterocycles. The van der Waals surface area contributed by atoms with E-state index in [1.165, 1.54) is 17.2 Å². The number of nitrogens with zero attached hydrogens (tertiary/aromatic N) is 1. The Labute approximate surface area is 140 Å². The quantitative estimate of drug-likeness (QED) is 0.611. The number of carbonyl (C=O) groups excluding carboxylic acids is 1. The molecule has 1 unspecified atom stereocenters. The van der Waals surface area contributed by atoms with Crippen molar-refractivity contribution < 1.29 is 19.0 Å². The maximum absolute atomic E-state index is 10.2. The molecule has 0 saturated heterocycles. The number of allylic oxidation sites excluding steroid dienone is 3. The summed E-state index contributed by atoms with van der Waals surface area (Å²) in [7, 11) is 1.65. The van der Waals surface area contributed by atoms with Crippen LogP contribution < -0.4 is 4.74 Å². The largest absolute Gasteiger partial charge is 0.462 e. The van der Waals surface area contributed by atoms with Gasteiger partial charge in [-0.05, 0) is 49.3 Å². The SMILES string of the molecule is COC1(C)CC(C)=C2CC=C(Oc3ccc(N=C=O)cc3)C=C2O1. The molecule has 1 aromatic carbocycles. The summed E-state index contributed by atoms with van der Waals surface area (Å²) in [6, 6.07) is 6.91. The average Bonchev–Trinajstić information content (AvgIpc) is 2.56. The Balaban J connectivity index is 1.79. The molecule has 0 saturated carbocycles. The second-order valence-corrected chi connectivity index (χ2v) is 5.99. The molecule has 1 aliphatic carbocycles. The molecule has 1 aromatic rings. The van der Waals surface area contributed by atoms with Crippen molar-refractivity contribution in [3.63, 3.8) is 0 Å². The highest BCUT2D eigenvalue weighted by molar-refractivity contribution is 5.50. The third-order valence-corrected chi connectivity index (χ3v) is 4.18. The number of hydrogen-bond acceptors (Lipinski definition) is 5. The molecule has 0 spiro atoms. The first-order valence-corrected chi connectivity index (χ1v) is 7.74. The number of fused-ring (bicyclic) bond motifs is 1. The zero-order chi connectivity index (χ0) is 17.2. The van der Waals surface area contributed by atoms with Crippen LogP contribution in [-0.2, 0) is 14.3 Å². The van der Waals surface area contributed by atoms with E-state index >= 15 is 0 Å². The van der Waals surface area contributed by atoms with Gasteiger partial charge in [-0.1, -0.05) is 5.57 Å². The standard InChI is InChI=1S/C19H19NO4/c1-13-11-19(2,22-3)24-18-10-16(8-9-17(13)18)23-15-6-4-14(5-7-15)20-12-21/h4-8,10H,9,11H2,1-3H3. The molecular formula is C19H19NO4. The first-order chi connectivity index (χ1) is 11.5. The van der Waals surface area contributed by atoms with Crippen LogP contribution in [0.4, 0.5) is 5.69 Å². The molecule has 0 amide bonds. The summed E-state index contributed by atoms with van der Waals surface area (Å²) in [5.41, 5.74) is 3.00. The van der Waals surface area contributed by atoms with Crippen LogP contribution in [0, 0.1) is 0 Å². The van der Waals surface area contributed by atoms with Crippen LogP contribution in [0.3, 0.4) is 0 Å². The highest BCUT2D eigenvalue weighted by Gasteiger charge is 2.35. The van der Waals surface area contributed by atoms with E-state index in [1.54, 1.807) is 31.4 Å². The van der Waals surface area contributed by atoms with Crippen LogP contribution in [0.25, 0.3) is 0 Å². The minimum atomic E-state index is -0.643. The lowest BCUT2D eigenvalue weighted by Crippen LogP contribution is -2.35. The Morgan fingerprint density at radius 3 is 2.71 bits per heavy atom. The van der Waals surface area contributed by atoms with Gasteiger partial charge >= 0.3 is 0 Å². The van der Waals surface area contributed by atoms with E-state index in [0.717, 1.165) is 18.6 Å². The van der Waals surface area contributed by atoms with Gasteiger partial charge in [-0.15, -0.1) is 0 Å². The number of rotatable bonds is 4. The van der Waals surface area contributed by atoms with Crippen molar-refractivity contribution >= 4 is 11.8 Å². The predicted octanol–water partition coefficient (Wildman–Crippen LogP) is 4.30. The smallest absolute Gasteiger partial charge is 0.240 e. The van der Waals surface area contributed by atoms with Gasteiger partial charge in [0.25, 0.3) is 0 Å². The molecule has 5 heteroatoms. The second-order valence-electron chi connectivity index (χ2n) is 5.99. The highest BCUT2D eigenvalue weighted by atomic mass is 16.7. The Hall–Kier alpha value is -2.62. The van der Waals surface area contributed by atoms with Gasteiger partial charge in [0.1, 0.15) is 17.3 Å². The molecule has 0 bridgehead atoms. The molecule has 5 nitrogen and oxygen atoms in total. The van der Waals surface area contributed by atoms with Crippen molar-refractivity contribution in [2.45, 2.75) is 32.5 Å². The number of hydrogen-bond donors (Lipinski definition) is 0. The Morgan fingerprint density at radius 2 is 2.04 bits per heavy atom. The fraction of sp³-hybridized carbons (Fsp3) is 0.316. The summed E-state index contributed by atoms with van der Waals surface area (Å²) < 4.78 is 17.4. The normalized spacial score (nSPS) is 22.6. The lowest BCUT2D eigenvalue weighted by Gasteiger charge is -2.37. The van der Waals surface area contributed by atoms with Gasteiger partial charge < -0.3 is 14.2 Å². The maximum Gasteiger partial charge on any atom is 0.240 e. The Bertz CT molecular complexity index is 782. The van der Waals surface area contributed by atoms with Gasteiger partial charge in [0.2, 0.25) is 11.9 Å². The topological polar surface area (TPSA) is 57.1 Å². The molecular weight excluding hydrogens is 306 g/mol. The molecule has 124 valence electrons. The Morgan fingerprint density at radius 1 is 1.29 bits per heavy atom. The summed E-state index contributed by atoms with van der Waals surface area (Å²) >= 11 is 0. The van der Waals surface area contributed by atoms with Crippen molar-refractivity contribution in [2.75, 3.05) is 7.11 Å². The van der Waals surface area contributed by atoms with Crippen LogP contribution in [-0.4, -0.2) is 19.0 Å². The van der Waals surface area contributed by atoms with E-state index in [9.17, 15) is 4.79 Å². The van der Waals surface area contributed by atoms with E-state index in [1.807, 2.05) is 19.1 Å². The zero-order valence-corrected chi connectivity index (χ0v) is 14.0. The van der Waals surface area contributed by atoms with E-state index in [2.05, 4.69) is 11.9 Å². The Kier molecular flexibility index (Phi) is 4.38. The van der Waals surface area contributed by atoms with Crippen LogP contribution in [0.1, 0.15) is 26.7 Å². The van der Waals surface area contributed by atoms with E-state index in [-0.39, 0.29) is 0 Å². The van der Waals surface area contributed by atoms with Crippen LogP contribution in [0.15, 0.2) is 64.1 Å². The lowest BCUT2D eigenvalue weighted by molar-refractivity contribution is -0.187. The first kappa shape index (κ1) is 16.2. The summed E-state index contributed by atoms with van der Waals surface area (Å²) in [6.45, 7) is 4.04. The van der Waals surface area contributed by atoms with Crippen molar-refractivity contribution in [3.05, 3.63) is 59.1 Å². The molecule has 1 atom stereocenters. The second kappa shape index (κ2) is 6.48. The van der Waals surface area contributed by atoms with Crippen LogP contribution in [0.5, 0.6) is 5.75 Å². The number of benzene rings is 1. The lowest BCUT2D eigenvalue weighted by atomic mass is 9.92. The fourth-order valence-electron chi connectivity index (χ4n) is 2.87. The number of ether oxygens (including phenoxy) is 3. The number of aliphatic imine (C=N–C) groups is 1. The highest BCUT2D eigenvalue weighted by Crippen LogP contribution is 2.40. The summed E-state index contributed by atoms with van der Waals surface area (Å²) in [5, 5.41) is 0. The number of isocyanates is 1. The van der Waals surface area contributed by atoms with Gasteiger partial charge in [-0.25, -0.2) is 4.79 Å². The third-order valence-electron chi connectivity index (χ3n) is 4.18. The molecule has 0 aromatic heterocycles. The summed E-state index contributed by atoms with van der Waals surface area (Å²) in [4.78, 5) is 13.8. The van der Waals surface area contributed by atoms with Crippen molar-refractivity contribution in [3.8, 4) is 5.75 Å². The van der Waals surface area contributed by atoms with E-state index in [0.29, 0.717) is 17.2 Å². The molecule has 0 N–H and O–H groups in total. The van der Waals surface area contributed by atoms with Gasteiger partial charge in [-0.3, -0.25) is 0 Å². The maximum atomic E-state index is 10.2. The fourth-order valence-corrected chi connectivity index (χ4v) is 2.87. The van der Waals surface area contributed by atoms with Gasteiger partial charge in [0, 0.05) is 26.5 Å². The van der Waals surface area contributed by atoms with Crippen molar-refractivity contribution in [1.82, 2.24) is 0 Å². The summed E-state index contributed by atoms with van der Waals surface area (Å²) in [6.07, 6.45) is 6.94. The summed E-state index contributed by atoms with van der Waals surface area (Å²) in [5.74, 6) is 1.53. The number of methoxy groups -OCH3 is 1.